The van der Waals surface area contributed by atoms with Gasteiger partial charge in [0.05, 0.1) is 0 Å². The summed E-state index contributed by atoms with van der Waals surface area (Å²) >= 11 is 1.80. The Labute approximate surface area is 143 Å². The summed E-state index contributed by atoms with van der Waals surface area (Å²) in [6.45, 7) is 3.37. The van der Waals surface area contributed by atoms with Gasteiger partial charge >= 0.3 is 0 Å². The number of thioether (sulfide) groups is 1. The molecule has 1 heterocycles. The fourth-order valence-corrected chi connectivity index (χ4v) is 3.42. The third-order valence-electron chi connectivity index (χ3n) is 4.32. The first-order valence-corrected chi connectivity index (χ1v) is 9.65. The van der Waals surface area contributed by atoms with Gasteiger partial charge in [0.25, 0.3) is 5.91 Å². The molecule has 2 rings (SSSR count). The summed E-state index contributed by atoms with van der Waals surface area (Å²) in [5, 5.41) is 3.10. The largest absolute Gasteiger partial charge is 0.353 e. The first-order chi connectivity index (χ1) is 11.1. The fourth-order valence-electron chi connectivity index (χ4n) is 2.84. The molecule has 126 valence electrons. The van der Waals surface area contributed by atoms with Crippen molar-refractivity contribution in [1.29, 1.82) is 0 Å². The van der Waals surface area contributed by atoms with Gasteiger partial charge in [0.15, 0.2) is 0 Å². The van der Waals surface area contributed by atoms with Gasteiger partial charge in [-0.3, -0.25) is 9.59 Å². The molecule has 0 bridgehead atoms. The molecule has 0 radical (unpaired) electrons. The highest BCUT2D eigenvalue weighted by Gasteiger charge is 2.28. The van der Waals surface area contributed by atoms with Crippen molar-refractivity contribution in [3.8, 4) is 0 Å². The minimum absolute atomic E-state index is 0.0338. The predicted molar refractivity (Wildman–Crippen MR) is 95.7 cm³/mol. The lowest BCUT2D eigenvalue weighted by atomic mass is 9.95. The fraction of sp³-hybridized carbons (Fsp3) is 0.556. The van der Waals surface area contributed by atoms with E-state index in [1.165, 1.54) is 0 Å². The van der Waals surface area contributed by atoms with E-state index in [2.05, 4.69) is 18.5 Å². The Balaban J connectivity index is 1.79. The Kier molecular flexibility index (Phi) is 6.96. The standard InChI is InChI=1S/C18H26N2O2S/c1-14(10-13-23-2)19-17(21)15-8-11-20(12-9-15)18(22)16-6-4-3-5-7-16/h3-7,14-15H,8-13H2,1-2H3,(H,19,21)/t14-/m0/s1. The smallest absolute Gasteiger partial charge is 0.253 e. The zero-order valence-corrected chi connectivity index (χ0v) is 14.8. The lowest BCUT2D eigenvalue weighted by molar-refractivity contribution is -0.126. The molecular formula is C18H26N2O2S. The molecule has 1 aromatic carbocycles. The molecule has 1 fully saturated rings. The minimum Gasteiger partial charge on any atom is -0.353 e. The van der Waals surface area contributed by atoms with Gasteiger partial charge in [0.1, 0.15) is 0 Å². The van der Waals surface area contributed by atoms with Crippen molar-refractivity contribution in [2.24, 2.45) is 5.92 Å². The number of benzene rings is 1. The molecule has 1 aliphatic heterocycles. The maximum atomic E-state index is 12.4. The highest BCUT2D eigenvalue weighted by atomic mass is 32.2. The Morgan fingerprint density at radius 2 is 1.91 bits per heavy atom. The van der Waals surface area contributed by atoms with Gasteiger partial charge in [0, 0.05) is 30.6 Å². The summed E-state index contributed by atoms with van der Waals surface area (Å²) in [6, 6.07) is 9.57. The van der Waals surface area contributed by atoms with Crippen molar-refractivity contribution < 1.29 is 9.59 Å². The van der Waals surface area contributed by atoms with Crippen LogP contribution in [0.2, 0.25) is 0 Å². The molecule has 23 heavy (non-hydrogen) atoms. The van der Waals surface area contributed by atoms with Crippen molar-refractivity contribution >= 4 is 23.6 Å². The second-order valence-electron chi connectivity index (χ2n) is 6.12. The average molecular weight is 334 g/mol. The molecule has 0 spiro atoms. The van der Waals surface area contributed by atoms with E-state index in [0.29, 0.717) is 13.1 Å². The predicted octanol–water partition coefficient (Wildman–Crippen LogP) is 2.80. The second kappa shape index (κ2) is 8.96. The quantitative estimate of drug-likeness (QED) is 0.870. The van der Waals surface area contributed by atoms with Crippen LogP contribution in [0.25, 0.3) is 0 Å². The van der Waals surface area contributed by atoms with E-state index in [4.69, 9.17) is 0 Å². The van der Waals surface area contributed by atoms with Crippen molar-refractivity contribution in [1.82, 2.24) is 10.2 Å². The summed E-state index contributed by atoms with van der Waals surface area (Å²) in [6.07, 6.45) is 4.57. The van der Waals surface area contributed by atoms with Crippen molar-refractivity contribution in [2.45, 2.75) is 32.2 Å². The summed E-state index contributed by atoms with van der Waals surface area (Å²) in [5.74, 6) is 1.31. The van der Waals surface area contributed by atoms with Crippen molar-refractivity contribution in [2.75, 3.05) is 25.1 Å². The number of rotatable bonds is 6. The van der Waals surface area contributed by atoms with Crippen LogP contribution in [0, 0.1) is 5.92 Å². The molecule has 0 aromatic heterocycles. The molecule has 2 amide bonds. The normalized spacial score (nSPS) is 16.9. The number of hydrogen-bond acceptors (Lipinski definition) is 3. The van der Waals surface area contributed by atoms with E-state index in [9.17, 15) is 9.59 Å². The van der Waals surface area contributed by atoms with Gasteiger partial charge in [-0.05, 0) is 50.3 Å². The average Bonchev–Trinajstić information content (AvgIpc) is 2.60. The topological polar surface area (TPSA) is 49.4 Å². The molecule has 1 atom stereocenters. The van der Waals surface area contributed by atoms with E-state index in [0.717, 1.165) is 30.6 Å². The van der Waals surface area contributed by atoms with Crippen molar-refractivity contribution in [3.05, 3.63) is 35.9 Å². The van der Waals surface area contributed by atoms with Gasteiger partial charge < -0.3 is 10.2 Å². The van der Waals surface area contributed by atoms with Crippen LogP contribution in [0.5, 0.6) is 0 Å². The number of nitrogens with zero attached hydrogens (tertiary/aromatic N) is 1. The Bertz CT molecular complexity index is 513. The number of hydrogen-bond donors (Lipinski definition) is 1. The first-order valence-electron chi connectivity index (χ1n) is 8.25. The Morgan fingerprint density at radius 1 is 1.26 bits per heavy atom. The molecule has 5 heteroatoms. The molecule has 1 saturated heterocycles. The molecule has 1 aromatic rings. The van der Waals surface area contributed by atoms with Gasteiger partial charge in [-0.2, -0.15) is 11.8 Å². The number of carbonyl (C=O) groups excluding carboxylic acids is 2. The highest BCUT2D eigenvalue weighted by Crippen LogP contribution is 2.19. The molecule has 4 nitrogen and oxygen atoms in total. The van der Waals surface area contributed by atoms with Crippen LogP contribution in [0.3, 0.4) is 0 Å². The minimum atomic E-state index is 0.0338. The van der Waals surface area contributed by atoms with E-state index in [1.807, 2.05) is 35.2 Å². The summed E-state index contributed by atoms with van der Waals surface area (Å²) < 4.78 is 0. The van der Waals surface area contributed by atoms with Crippen LogP contribution in [0.4, 0.5) is 0 Å². The van der Waals surface area contributed by atoms with E-state index in [1.54, 1.807) is 11.8 Å². The van der Waals surface area contributed by atoms with E-state index < -0.39 is 0 Å². The highest BCUT2D eigenvalue weighted by molar-refractivity contribution is 7.98. The lowest BCUT2D eigenvalue weighted by Gasteiger charge is -2.32. The van der Waals surface area contributed by atoms with Crippen LogP contribution >= 0.6 is 11.8 Å². The molecule has 0 unspecified atom stereocenters. The van der Waals surface area contributed by atoms with Gasteiger partial charge in [-0.1, -0.05) is 18.2 Å². The number of carbonyl (C=O) groups is 2. The maximum Gasteiger partial charge on any atom is 0.253 e. The number of amides is 2. The Hall–Kier alpha value is -1.49. The van der Waals surface area contributed by atoms with Crippen LogP contribution < -0.4 is 5.32 Å². The summed E-state index contributed by atoms with van der Waals surface area (Å²) in [5.41, 5.74) is 0.723. The number of piperidine rings is 1. The van der Waals surface area contributed by atoms with E-state index in [-0.39, 0.29) is 23.8 Å². The monoisotopic (exact) mass is 334 g/mol. The molecule has 1 N–H and O–H groups in total. The summed E-state index contributed by atoms with van der Waals surface area (Å²) in [7, 11) is 0. The van der Waals surface area contributed by atoms with Crippen molar-refractivity contribution in [3.63, 3.8) is 0 Å². The van der Waals surface area contributed by atoms with Gasteiger partial charge in [-0.15, -0.1) is 0 Å². The SMILES string of the molecule is CSCC[C@H](C)NC(=O)C1CCN(C(=O)c2ccccc2)CC1. The molecule has 1 aliphatic rings. The van der Waals surface area contributed by atoms with Crippen LogP contribution in [-0.2, 0) is 4.79 Å². The molecule has 0 saturated carbocycles. The zero-order valence-electron chi connectivity index (χ0n) is 14.0. The maximum absolute atomic E-state index is 12.4. The Morgan fingerprint density at radius 3 is 2.52 bits per heavy atom. The number of likely N-dealkylation sites (tertiary alicyclic amines) is 1. The first kappa shape index (κ1) is 17.9. The van der Waals surface area contributed by atoms with E-state index >= 15 is 0 Å². The summed E-state index contributed by atoms with van der Waals surface area (Å²) in [4.78, 5) is 26.5. The van der Waals surface area contributed by atoms with Crippen LogP contribution in [0.1, 0.15) is 36.5 Å². The van der Waals surface area contributed by atoms with Crippen LogP contribution in [0.15, 0.2) is 30.3 Å². The molecular weight excluding hydrogens is 308 g/mol. The van der Waals surface area contributed by atoms with Crippen LogP contribution in [-0.4, -0.2) is 47.9 Å². The third kappa shape index (κ3) is 5.27. The third-order valence-corrected chi connectivity index (χ3v) is 4.96. The van der Waals surface area contributed by atoms with Gasteiger partial charge in [0.2, 0.25) is 5.91 Å². The van der Waals surface area contributed by atoms with Gasteiger partial charge in [-0.25, -0.2) is 0 Å². The second-order valence-corrected chi connectivity index (χ2v) is 7.11. The molecule has 0 aliphatic carbocycles. The lowest BCUT2D eigenvalue weighted by Crippen LogP contribution is -2.44. The zero-order chi connectivity index (χ0) is 16.7. The number of nitrogens with one attached hydrogen (secondary N) is 1.